The molecule has 1 atom stereocenters. The van der Waals surface area contributed by atoms with Crippen LogP contribution in [0.5, 0.6) is 5.75 Å². The molecule has 21 heavy (non-hydrogen) atoms. The number of hydrogen-bond donors (Lipinski definition) is 0. The van der Waals surface area contributed by atoms with Gasteiger partial charge in [-0.15, -0.1) is 5.10 Å². The van der Waals surface area contributed by atoms with Crippen molar-refractivity contribution in [3.05, 3.63) is 33.7 Å². The Morgan fingerprint density at radius 2 is 2.05 bits per heavy atom. The number of fused-ring (bicyclic) bond motifs is 1. The summed E-state index contributed by atoms with van der Waals surface area (Å²) >= 11 is 6.55. The van der Waals surface area contributed by atoms with E-state index in [1.54, 1.807) is 16.5 Å². The first kappa shape index (κ1) is 14.5. The molecule has 1 aromatic heterocycles. The van der Waals surface area contributed by atoms with E-state index < -0.39 is 6.10 Å². The van der Waals surface area contributed by atoms with Crippen molar-refractivity contribution in [3.63, 3.8) is 0 Å². The molecule has 110 valence electrons. The van der Waals surface area contributed by atoms with Gasteiger partial charge in [-0.3, -0.25) is 4.79 Å². The minimum absolute atomic E-state index is 0.0518. The van der Waals surface area contributed by atoms with Gasteiger partial charge in [-0.1, -0.05) is 12.1 Å². The van der Waals surface area contributed by atoms with Gasteiger partial charge in [0.2, 0.25) is 4.73 Å². The highest BCUT2D eigenvalue weighted by atomic mass is 79.9. The minimum Gasteiger partial charge on any atom is -0.479 e. The highest BCUT2D eigenvalue weighted by molar-refractivity contribution is 9.11. The van der Waals surface area contributed by atoms with Crippen LogP contribution in [-0.2, 0) is 11.3 Å². The maximum atomic E-state index is 12.3. The van der Waals surface area contributed by atoms with Crippen LogP contribution >= 0.6 is 31.9 Å². The molecule has 0 aliphatic carbocycles. The molecule has 6 nitrogen and oxygen atoms in total. The molecule has 0 bridgehead atoms. The summed E-state index contributed by atoms with van der Waals surface area (Å²) < 4.78 is 8.44. The van der Waals surface area contributed by atoms with Crippen LogP contribution in [0.1, 0.15) is 6.92 Å². The summed E-state index contributed by atoms with van der Waals surface area (Å²) in [5.41, 5.74) is 0.788. The van der Waals surface area contributed by atoms with Crippen molar-refractivity contribution in [2.24, 2.45) is 0 Å². The first-order valence-electron chi connectivity index (χ1n) is 6.39. The first-order chi connectivity index (χ1) is 10.1. The van der Waals surface area contributed by atoms with Gasteiger partial charge in [-0.25, -0.2) is 4.68 Å². The van der Waals surface area contributed by atoms with Gasteiger partial charge >= 0.3 is 0 Å². The molecule has 0 saturated carbocycles. The van der Waals surface area contributed by atoms with E-state index in [9.17, 15) is 4.79 Å². The zero-order valence-electron chi connectivity index (χ0n) is 11.2. The molecule has 0 radical (unpaired) electrons. The molecule has 0 unspecified atom stereocenters. The van der Waals surface area contributed by atoms with E-state index in [-0.39, 0.29) is 5.91 Å². The Morgan fingerprint density at radius 3 is 2.76 bits per heavy atom. The maximum Gasteiger partial charge on any atom is 0.267 e. The predicted octanol–water partition coefficient (Wildman–Crippen LogP) is 2.62. The SMILES string of the molecule is C[C@@H]1Oc2ccccc2N(CCn2nc(Br)nc2Br)C1=O. The number of carbonyl (C=O) groups excluding carboxylic acids is 1. The number of halogens is 2. The van der Waals surface area contributed by atoms with Crippen molar-refractivity contribution >= 4 is 43.5 Å². The van der Waals surface area contributed by atoms with Crippen molar-refractivity contribution in [2.45, 2.75) is 19.6 Å². The topological polar surface area (TPSA) is 60.2 Å². The maximum absolute atomic E-state index is 12.3. The zero-order valence-corrected chi connectivity index (χ0v) is 14.3. The summed E-state index contributed by atoms with van der Waals surface area (Å²) in [5, 5.41) is 4.20. The molecule has 8 heteroatoms. The number of ether oxygens (including phenoxy) is 1. The number of benzene rings is 1. The second-order valence-corrected chi connectivity index (χ2v) is 6.01. The molecule has 2 heterocycles. The fourth-order valence-electron chi connectivity index (χ4n) is 2.22. The molecular formula is C13H12Br2N4O2. The second-order valence-electron chi connectivity index (χ2n) is 4.59. The minimum atomic E-state index is -0.481. The Kier molecular flexibility index (Phi) is 3.99. The Balaban J connectivity index is 1.84. The normalized spacial score (nSPS) is 17.6. The van der Waals surface area contributed by atoms with Crippen LogP contribution in [-0.4, -0.2) is 33.3 Å². The number of amides is 1. The number of para-hydroxylation sites is 2. The summed E-state index contributed by atoms with van der Waals surface area (Å²) in [5.74, 6) is 0.674. The zero-order chi connectivity index (χ0) is 15.0. The summed E-state index contributed by atoms with van der Waals surface area (Å²) in [4.78, 5) is 18.2. The van der Waals surface area contributed by atoms with Gasteiger partial charge in [-0.05, 0) is 50.9 Å². The van der Waals surface area contributed by atoms with Crippen LogP contribution in [0.2, 0.25) is 0 Å². The summed E-state index contributed by atoms with van der Waals surface area (Å²) in [6.07, 6.45) is -0.481. The first-order valence-corrected chi connectivity index (χ1v) is 7.98. The van der Waals surface area contributed by atoms with Gasteiger partial charge in [-0.2, -0.15) is 4.98 Å². The van der Waals surface area contributed by atoms with Crippen LogP contribution in [0.3, 0.4) is 0 Å². The summed E-state index contributed by atoms with van der Waals surface area (Å²) in [6.45, 7) is 2.79. The third kappa shape index (κ3) is 2.82. The van der Waals surface area contributed by atoms with Gasteiger partial charge in [0.05, 0.1) is 12.2 Å². The fraction of sp³-hybridized carbons (Fsp3) is 0.308. The highest BCUT2D eigenvalue weighted by Crippen LogP contribution is 2.33. The van der Waals surface area contributed by atoms with Crippen LogP contribution in [0, 0.1) is 0 Å². The predicted molar refractivity (Wildman–Crippen MR) is 84.3 cm³/mol. The number of hydrogen-bond acceptors (Lipinski definition) is 4. The van der Waals surface area contributed by atoms with Crippen molar-refractivity contribution < 1.29 is 9.53 Å². The van der Waals surface area contributed by atoms with Crippen LogP contribution in [0.15, 0.2) is 33.7 Å². The average molecular weight is 416 g/mol. The highest BCUT2D eigenvalue weighted by Gasteiger charge is 2.31. The van der Waals surface area contributed by atoms with E-state index in [0.717, 1.165) is 11.4 Å². The largest absolute Gasteiger partial charge is 0.479 e. The molecule has 0 N–H and O–H groups in total. The van der Waals surface area contributed by atoms with Gasteiger partial charge in [0, 0.05) is 6.54 Å². The lowest BCUT2D eigenvalue weighted by Crippen LogP contribution is -2.45. The molecular weight excluding hydrogens is 404 g/mol. The lowest BCUT2D eigenvalue weighted by molar-refractivity contribution is -0.125. The Hall–Kier alpha value is -1.41. The van der Waals surface area contributed by atoms with E-state index in [2.05, 4.69) is 41.9 Å². The van der Waals surface area contributed by atoms with Crippen LogP contribution in [0.4, 0.5) is 5.69 Å². The lowest BCUT2D eigenvalue weighted by atomic mass is 10.2. The summed E-state index contributed by atoms with van der Waals surface area (Å²) in [7, 11) is 0. The number of carbonyl (C=O) groups is 1. The van der Waals surface area contributed by atoms with Crippen molar-refractivity contribution in [1.29, 1.82) is 0 Å². The second kappa shape index (κ2) is 5.76. The molecule has 3 rings (SSSR count). The molecule has 1 aliphatic rings. The quantitative estimate of drug-likeness (QED) is 0.773. The van der Waals surface area contributed by atoms with E-state index in [1.165, 1.54) is 0 Å². The third-order valence-electron chi connectivity index (χ3n) is 3.21. The van der Waals surface area contributed by atoms with Gasteiger partial charge < -0.3 is 9.64 Å². The monoisotopic (exact) mass is 414 g/mol. The number of nitrogens with zero attached hydrogens (tertiary/aromatic N) is 4. The smallest absolute Gasteiger partial charge is 0.267 e. The average Bonchev–Trinajstić information content (AvgIpc) is 2.77. The van der Waals surface area contributed by atoms with E-state index in [1.807, 2.05) is 24.3 Å². The molecule has 1 aliphatic heterocycles. The van der Waals surface area contributed by atoms with Crippen LogP contribution < -0.4 is 9.64 Å². The molecule has 0 fully saturated rings. The molecule has 1 amide bonds. The standard InChI is InChI=1S/C13H12Br2N4O2/c1-8-11(20)18(9-4-2-3-5-10(9)21-8)6-7-19-13(15)16-12(14)17-19/h2-5,8H,6-7H2,1H3/t8-/m0/s1. The van der Waals surface area contributed by atoms with E-state index >= 15 is 0 Å². The fourth-order valence-corrected chi connectivity index (χ4v) is 3.25. The molecule has 2 aromatic rings. The molecule has 1 aromatic carbocycles. The van der Waals surface area contributed by atoms with Crippen LogP contribution in [0.25, 0.3) is 0 Å². The number of aromatic nitrogens is 3. The number of anilines is 1. The van der Waals surface area contributed by atoms with E-state index in [0.29, 0.717) is 22.6 Å². The van der Waals surface area contributed by atoms with E-state index in [4.69, 9.17) is 4.74 Å². The van der Waals surface area contributed by atoms with Gasteiger partial charge in [0.15, 0.2) is 10.8 Å². The van der Waals surface area contributed by atoms with Crippen molar-refractivity contribution in [1.82, 2.24) is 14.8 Å². The lowest BCUT2D eigenvalue weighted by Gasteiger charge is -2.32. The van der Waals surface area contributed by atoms with Crippen molar-refractivity contribution in [3.8, 4) is 5.75 Å². The Labute approximate surface area is 138 Å². The summed E-state index contributed by atoms with van der Waals surface area (Å²) in [6, 6.07) is 7.53. The van der Waals surface area contributed by atoms with Gasteiger partial charge in [0.1, 0.15) is 5.75 Å². The Morgan fingerprint density at radius 1 is 1.29 bits per heavy atom. The number of rotatable bonds is 3. The van der Waals surface area contributed by atoms with Crippen molar-refractivity contribution in [2.75, 3.05) is 11.4 Å². The third-order valence-corrected chi connectivity index (χ3v) is 4.13. The molecule has 0 saturated heterocycles. The molecule has 0 spiro atoms. The van der Waals surface area contributed by atoms with Gasteiger partial charge in [0.25, 0.3) is 5.91 Å². The Bertz CT molecular complexity index is 689.